The van der Waals surface area contributed by atoms with E-state index in [1.165, 1.54) is 0 Å². The van der Waals surface area contributed by atoms with Gasteiger partial charge < -0.3 is 30.0 Å². The summed E-state index contributed by atoms with van der Waals surface area (Å²) in [6.07, 6.45) is -1.30. The molecule has 0 fully saturated rings. The Balaban J connectivity index is 3.63. The van der Waals surface area contributed by atoms with Crippen LogP contribution in [0.15, 0.2) is 0 Å². The van der Waals surface area contributed by atoms with Gasteiger partial charge in [-0.05, 0) is 13.8 Å². The van der Waals surface area contributed by atoms with Crippen LogP contribution in [0.2, 0.25) is 0 Å². The number of alkyl halides is 1. The average molecular weight is 366 g/mol. The Bertz CT molecular complexity index is 343. The van der Waals surface area contributed by atoms with Crippen molar-refractivity contribution in [3.8, 4) is 0 Å². The van der Waals surface area contributed by atoms with E-state index in [0.717, 1.165) is 0 Å². The maximum atomic E-state index is 14.2. The van der Waals surface area contributed by atoms with Gasteiger partial charge >= 0.3 is 0 Å². The number of hydrogen-bond donors (Lipinski definition) is 2. The highest BCUT2D eigenvalue weighted by Crippen LogP contribution is 2.17. The van der Waals surface area contributed by atoms with E-state index in [1.54, 1.807) is 27.7 Å². The number of halogens is 1. The normalized spacial score (nSPS) is 13.2. The van der Waals surface area contributed by atoms with E-state index >= 15 is 0 Å². The fourth-order valence-electron chi connectivity index (χ4n) is 1.72. The summed E-state index contributed by atoms with van der Waals surface area (Å²) in [7, 11) is 0. The summed E-state index contributed by atoms with van der Waals surface area (Å²) in [5.41, 5.74) is 4.29. The summed E-state index contributed by atoms with van der Waals surface area (Å²) < 4.78 is 35.6. The molecule has 0 radical (unpaired) electrons. The van der Waals surface area contributed by atoms with E-state index in [1.807, 2.05) is 0 Å². The molecule has 0 aromatic carbocycles. The Morgan fingerprint density at radius 1 is 1.00 bits per heavy atom. The monoisotopic (exact) mass is 366 g/mol. The molecule has 8 heteroatoms. The molecular formula is C17H35FN2O5. The van der Waals surface area contributed by atoms with Crippen molar-refractivity contribution in [2.75, 3.05) is 59.3 Å². The first-order valence-electron chi connectivity index (χ1n) is 8.80. The molecule has 0 heterocycles. The lowest BCUT2D eigenvalue weighted by atomic mass is 10.0. The maximum absolute atomic E-state index is 14.2. The van der Waals surface area contributed by atoms with Crippen molar-refractivity contribution in [2.45, 2.75) is 39.5 Å². The molecule has 0 aliphatic heterocycles. The Morgan fingerprint density at radius 3 is 1.96 bits per heavy atom. The van der Waals surface area contributed by atoms with Gasteiger partial charge in [0.15, 0.2) is 0 Å². The number of carbonyl (C=O) groups is 1. The smallest absolute Gasteiger partial charge is 0.222 e. The van der Waals surface area contributed by atoms with Crippen molar-refractivity contribution in [3.63, 3.8) is 0 Å². The van der Waals surface area contributed by atoms with E-state index in [0.29, 0.717) is 46.2 Å². The van der Waals surface area contributed by atoms with Crippen molar-refractivity contribution in [3.05, 3.63) is 0 Å². The second-order valence-electron chi connectivity index (χ2n) is 6.45. The number of hydrogen-bond acceptors (Lipinski definition) is 6. The molecule has 0 saturated carbocycles. The van der Waals surface area contributed by atoms with Crippen molar-refractivity contribution < 1.29 is 28.1 Å². The Morgan fingerprint density at radius 2 is 1.48 bits per heavy atom. The number of nitrogens with two attached hydrogens (primary N) is 1. The molecule has 1 amide bonds. The zero-order valence-electron chi connectivity index (χ0n) is 16.0. The third-order valence-electron chi connectivity index (χ3n) is 3.44. The van der Waals surface area contributed by atoms with Gasteiger partial charge in [-0.15, -0.1) is 0 Å². The summed E-state index contributed by atoms with van der Waals surface area (Å²) in [6.45, 7) is 10.3. The highest BCUT2D eigenvalue weighted by Gasteiger charge is 2.30. The lowest BCUT2D eigenvalue weighted by Gasteiger charge is -2.29. The third-order valence-corrected chi connectivity index (χ3v) is 3.44. The number of carbonyl (C=O) groups excluding carboxylic acids is 1. The second kappa shape index (κ2) is 14.4. The molecule has 3 N–H and O–H groups in total. The topological polar surface area (TPSA) is 92.0 Å². The first-order chi connectivity index (χ1) is 11.8. The molecular weight excluding hydrogens is 331 g/mol. The van der Waals surface area contributed by atoms with Crippen LogP contribution in [0.25, 0.3) is 0 Å². The molecule has 0 aliphatic carbocycles. The van der Waals surface area contributed by atoms with E-state index in [-0.39, 0.29) is 25.0 Å². The Labute approximate surface area is 150 Å². The largest absolute Gasteiger partial charge is 0.378 e. The minimum atomic E-state index is -1.30. The van der Waals surface area contributed by atoms with Crippen molar-refractivity contribution in [1.29, 1.82) is 0 Å². The van der Waals surface area contributed by atoms with E-state index in [2.05, 4.69) is 5.32 Å². The predicted molar refractivity (Wildman–Crippen MR) is 94.3 cm³/mol. The number of ether oxygens (including phenoxy) is 4. The minimum absolute atomic E-state index is 0.0645. The van der Waals surface area contributed by atoms with Crippen LogP contribution >= 0.6 is 0 Å². The Kier molecular flexibility index (Phi) is 13.9. The minimum Gasteiger partial charge on any atom is -0.378 e. The molecule has 150 valence electrons. The summed E-state index contributed by atoms with van der Waals surface area (Å²) >= 11 is 0. The zero-order valence-corrected chi connectivity index (χ0v) is 16.0. The van der Waals surface area contributed by atoms with Crippen molar-refractivity contribution in [2.24, 2.45) is 11.7 Å². The van der Waals surface area contributed by atoms with Crippen molar-refractivity contribution >= 4 is 5.91 Å². The average Bonchev–Trinajstić information content (AvgIpc) is 2.56. The van der Waals surface area contributed by atoms with Gasteiger partial charge in [0.1, 0.15) is 6.17 Å². The van der Waals surface area contributed by atoms with Crippen LogP contribution in [0.3, 0.4) is 0 Å². The Hall–Kier alpha value is -0.800. The predicted octanol–water partition coefficient (Wildman–Crippen LogP) is 0.900. The lowest BCUT2D eigenvalue weighted by molar-refractivity contribution is -0.125. The molecule has 25 heavy (non-hydrogen) atoms. The summed E-state index contributed by atoms with van der Waals surface area (Å²) in [5, 5.41) is 2.57. The summed E-state index contributed by atoms with van der Waals surface area (Å²) in [6, 6.07) is 0. The van der Waals surface area contributed by atoms with E-state index < -0.39 is 11.8 Å². The standard InChI is InChI=1S/C17H35FN2O5/c1-14(2)16(21)20-13-15(18)17(3,4)25-12-11-24-10-9-23-8-7-22-6-5-19/h14-15H,5-13,19H2,1-4H3,(H,20,21). The number of nitrogens with one attached hydrogen (secondary N) is 1. The van der Waals surface area contributed by atoms with Crippen LogP contribution in [0.4, 0.5) is 4.39 Å². The van der Waals surface area contributed by atoms with Crippen molar-refractivity contribution in [1.82, 2.24) is 5.32 Å². The summed E-state index contributed by atoms with van der Waals surface area (Å²) in [5.74, 6) is -0.339. The number of rotatable bonds is 16. The first-order valence-corrected chi connectivity index (χ1v) is 8.80. The van der Waals surface area contributed by atoms with Gasteiger partial charge in [-0.25, -0.2) is 4.39 Å². The van der Waals surface area contributed by atoms with Gasteiger partial charge in [-0.2, -0.15) is 0 Å². The van der Waals surface area contributed by atoms with Crippen LogP contribution in [0, 0.1) is 5.92 Å². The summed E-state index contributed by atoms with van der Waals surface area (Å²) in [4.78, 5) is 11.5. The van der Waals surface area contributed by atoms with E-state index in [4.69, 9.17) is 24.7 Å². The van der Waals surface area contributed by atoms with Crippen LogP contribution in [0.1, 0.15) is 27.7 Å². The van der Waals surface area contributed by atoms with Crippen LogP contribution in [0.5, 0.6) is 0 Å². The maximum Gasteiger partial charge on any atom is 0.222 e. The van der Waals surface area contributed by atoms with Crippen LogP contribution in [-0.2, 0) is 23.7 Å². The second-order valence-corrected chi connectivity index (χ2v) is 6.45. The van der Waals surface area contributed by atoms with Gasteiger partial charge in [0.2, 0.25) is 5.91 Å². The molecule has 7 nitrogen and oxygen atoms in total. The molecule has 0 saturated heterocycles. The molecule has 0 aromatic heterocycles. The zero-order chi connectivity index (χ0) is 19.1. The fourth-order valence-corrected chi connectivity index (χ4v) is 1.72. The molecule has 1 unspecified atom stereocenters. The first kappa shape index (κ1) is 24.2. The van der Waals surface area contributed by atoms with Gasteiger partial charge in [0.05, 0.1) is 58.4 Å². The van der Waals surface area contributed by atoms with Gasteiger partial charge in [0, 0.05) is 12.5 Å². The third kappa shape index (κ3) is 13.1. The van der Waals surface area contributed by atoms with E-state index in [9.17, 15) is 9.18 Å². The van der Waals surface area contributed by atoms with Crippen LogP contribution in [-0.4, -0.2) is 77.0 Å². The molecule has 0 spiro atoms. The van der Waals surface area contributed by atoms with Gasteiger partial charge in [0.25, 0.3) is 0 Å². The molecule has 0 rings (SSSR count). The highest BCUT2D eigenvalue weighted by atomic mass is 19.1. The quantitative estimate of drug-likeness (QED) is 0.394. The van der Waals surface area contributed by atoms with Crippen LogP contribution < -0.4 is 11.1 Å². The SMILES string of the molecule is CC(C)C(=O)NCC(F)C(C)(C)OCCOCCOCCOCCN. The number of amides is 1. The molecule has 0 aromatic rings. The van der Waals surface area contributed by atoms with Gasteiger partial charge in [-0.1, -0.05) is 13.8 Å². The molecule has 0 bridgehead atoms. The molecule has 1 atom stereocenters. The van der Waals surface area contributed by atoms with Gasteiger partial charge in [-0.3, -0.25) is 4.79 Å². The molecule has 0 aliphatic rings. The highest BCUT2D eigenvalue weighted by molar-refractivity contribution is 5.77. The fraction of sp³-hybridized carbons (Fsp3) is 0.941. The lowest BCUT2D eigenvalue weighted by Crippen LogP contribution is -2.45.